The lowest BCUT2D eigenvalue weighted by molar-refractivity contribution is 0.0285. The number of nitrogens with zero attached hydrogens (tertiary/aromatic N) is 1. The van der Waals surface area contributed by atoms with Gasteiger partial charge in [0.05, 0.1) is 0 Å². The summed E-state index contributed by atoms with van der Waals surface area (Å²) in [6, 6.07) is 8.39. The van der Waals surface area contributed by atoms with Gasteiger partial charge in [-0.25, -0.2) is 4.79 Å². The highest BCUT2D eigenvalue weighted by Gasteiger charge is 2.33. The fourth-order valence-corrected chi connectivity index (χ4v) is 3.11. The summed E-state index contributed by atoms with van der Waals surface area (Å²) in [5.74, 6) is 6.09. The highest BCUT2D eigenvalue weighted by molar-refractivity contribution is 9.10. The lowest BCUT2D eigenvalue weighted by Gasteiger charge is -2.26. The molecule has 2 atom stereocenters. The smallest absolute Gasteiger partial charge is 0.410 e. The molecule has 1 heterocycles. The molecule has 0 radical (unpaired) electrons. The maximum atomic E-state index is 12.2. The Hall–Kier alpha value is -1.11. The Morgan fingerprint density at radius 2 is 2.09 bits per heavy atom. The number of nitrogens with two attached hydrogens (primary N) is 1. The van der Waals surface area contributed by atoms with Gasteiger partial charge in [0.25, 0.3) is 0 Å². The van der Waals surface area contributed by atoms with Crippen LogP contribution >= 0.6 is 15.9 Å². The van der Waals surface area contributed by atoms with Crippen molar-refractivity contribution in [3.63, 3.8) is 0 Å². The number of likely N-dealkylation sites (tertiary alicyclic amines) is 1. The summed E-state index contributed by atoms with van der Waals surface area (Å²) in [5, 5.41) is 0. The van der Waals surface area contributed by atoms with E-state index in [4.69, 9.17) is 10.6 Å². The molecule has 5 nitrogen and oxygen atoms in total. The van der Waals surface area contributed by atoms with Crippen LogP contribution in [0.25, 0.3) is 0 Å². The third-order valence-corrected chi connectivity index (χ3v) is 4.56. The number of hydrogen-bond acceptors (Lipinski definition) is 4. The Kier molecular flexibility index (Phi) is 6.06. The van der Waals surface area contributed by atoms with Gasteiger partial charge in [-0.05, 0) is 57.2 Å². The third kappa shape index (κ3) is 5.48. The number of benzene rings is 1. The van der Waals surface area contributed by atoms with Crippen LogP contribution in [0.4, 0.5) is 4.79 Å². The molecular formula is C17H26BrN3O2. The maximum Gasteiger partial charge on any atom is 0.410 e. The second-order valence-corrected chi connectivity index (χ2v) is 7.99. The Balaban J connectivity index is 1.93. The molecule has 0 bridgehead atoms. The van der Waals surface area contributed by atoms with Crippen LogP contribution in [-0.4, -0.2) is 35.7 Å². The van der Waals surface area contributed by atoms with Gasteiger partial charge in [-0.2, -0.15) is 0 Å². The zero-order chi connectivity index (χ0) is 17.0. The Bertz CT molecular complexity index is 528. The number of carbonyl (C=O) groups excluding carboxylic acids is 1. The van der Waals surface area contributed by atoms with Crippen LogP contribution < -0.4 is 11.3 Å². The minimum absolute atomic E-state index is 0.142. The van der Waals surface area contributed by atoms with Crippen molar-refractivity contribution in [2.24, 2.45) is 11.8 Å². The topological polar surface area (TPSA) is 67.6 Å². The first-order valence-electron chi connectivity index (χ1n) is 7.97. The summed E-state index contributed by atoms with van der Waals surface area (Å²) >= 11 is 3.44. The zero-order valence-corrected chi connectivity index (χ0v) is 15.6. The van der Waals surface area contributed by atoms with E-state index in [1.807, 2.05) is 32.9 Å². The van der Waals surface area contributed by atoms with Gasteiger partial charge >= 0.3 is 6.09 Å². The first-order valence-corrected chi connectivity index (χ1v) is 8.76. The number of carbonyl (C=O) groups is 1. The van der Waals surface area contributed by atoms with Crippen molar-refractivity contribution < 1.29 is 9.53 Å². The van der Waals surface area contributed by atoms with Crippen molar-refractivity contribution in [3.8, 4) is 0 Å². The fraction of sp³-hybridized carbons (Fsp3) is 0.588. The summed E-state index contributed by atoms with van der Waals surface area (Å²) in [5.41, 5.74) is 3.69. The number of nitrogens with one attached hydrogen (secondary N) is 1. The van der Waals surface area contributed by atoms with Crippen molar-refractivity contribution in [1.29, 1.82) is 0 Å². The summed E-state index contributed by atoms with van der Waals surface area (Å²) in [6.07, 6.45) is 1.54. The minimum atomic E-state index is -0.460. The van der Waals surface area contributed by atoms with Crippen LogP contribution in [0.5, 0.6) is 0 Å². The van der Waals surface area contributed by atoms with E-state index in [1.54, 1.807) is 4.90 Å². The van der Waals surface area contributed by atoms with E-state index in [-0.39, 0.29) is 12.1 Å². The third-order valence-electron chi connectivity index (χ3n) is 4.03. The molecular weight excluding hydrogens is 358 g/mol. The Labute approximate surface area is 146 Å². The molecule has 0 saturated carbocycles. The molecule has 128 valence electrons. The summed E-state index contributed by atoms with van der Waals surface area (Å²) < 4.78 is 6.51. The fourth-order valence-electron chi connectivity index (χ4n) is 2.84. The number of hydrazine groups is 1. The van der Waals surface area contributed by atoms with Gasteiger partial charge < -0.3 is 9.64 Å². The van der Waals surface area contributed by atoms with Gasteiger partial charge in [-0.3, -0.25) is 11.3 Å². The SMILES string of the molecule is CC(C)(C)OC(=O)N1CCC(C(Cc2ccc(Br)cc2)NN)C1. The molecule has 1 aliphatic rings. The van der Waals surface area contributed by atoms with E-state index in [2.05, 4.69) is 33.5 Å². The molecule has 3 N–H and O–H groups in total. The second kappa shape index (κ2) is 7.64. The van der Waals surface area contributed by atoms with Gasteiger partial charge in [0.15, 0.2) is 0 Å². The Morgan fingerprint density at radius 1 is 1.43 bits per heavy atom. The average molecular weight is 384 g/mol. The molecule has 0 aliphatic carbocycles. The molecule has 6 heteroatoms. The van der Waals surface area contributed by atoms with Gasteiger partial charge in [-0.15, -0.1) is 0 Å². The van der Waals surface area contributed by atoms with E-state index in [0.29, 0.717) is 12.5 Å². The van der Waals surface area contributed by atoms with Gasteiger partial charge in [0, 0.05) is 23.6 Å². The van der Waals surface area contributed by atoms with E-state index >= 15 is 0 Å². The number of ether oxygens (including phenoxy) is 1. The molecule has 1 aromatic carbocycles. The molecule has 0 aromatic heterocycles. The summed E-state index contributed by atoms with van der Waals surface area (Å²) in [6.45, 7) is 7.06. The van der Waals surface area contributed by atoms with Gasteiger partial charge in [0.1, 0.15) is 5.60 Å². The van der Waals surface area contributed by atoms with Crippen molar-refractivity contribution in [2.75, 3.05) is 13.1 Å². The molecule has 1 aliphatic heterocycles. The molecule has 1 saturated heterocycles. The van der Waals surface area contributed by atoms with Crippen LogP contribution in [0.15, 0.2) is 28.7 Å². The molecule has 1 amide bonds. The highest BCUT2D eigenvalue weighted by Crippen LogP contribution is 2.24. The lowest BCUT2D eigenvalue weighted by atomic mass is 9.93. The van der Waals surface area contributed by atoms with Crippen LogP contribution in [0.1, 0.15) is 32.8 Å². The quantitative estimate of drug-likeness (QED) is 0.619. The van der Waals surface area contributed by atoms with E-state index < -0.39 is 5.60 Å². The normalized spacial score (nSPS) is 19.7. The van der Waals surface area contributed by atoms with Crippen molar-refractivity contribution in [2.45, 2.75) is 45.3 Å². The second-order valence-electron chi connectivity index (χ2n) is 7.08. The molecule has 2 unspecified atom stereocenters. The standard InChI is InChI=1S/C17H26BrN3O2/c1-17(2,3)23-16(22)21-9-8-13(11-21)15(20-19)10-12-4-6-14(18)7-5-12/h4-7,13,15,20H,8-11,19H2,1-3H3. The van der Waals surface area contributed by atoms with E-state index in [1.165, 1.54) is 5.56 Å². The van der Waals surface area contributed by atoms with Crippen molar-refractivity contribution in [3.05, 3.63) is 34.3 Å². The number of hydrogen-bond donors (Lipinski definition) is 2. The predicted molar refractivity (Wildman–Crippen MR) is 94.9 cm³/mol. The first kappa shape index (κ1) is 18.2. The average Bonchev–Trinajstić information content (AvgIpc) is 2.94. The van der Waals surface area contributed by atoms with Crippen LogP contribution in [0.3, 0.4) is 0 Å². The summed E-state index contributed by atoms with van der Waals surface area (Å²) in [4.78, 5) is 13.9. The van der Waals surface area contributed by atoms with Crippen LogP contribution in [-0.2, 0) is 11.2 Å². The molecule has 1 aromatic rings. The summed E-state index contributed by atoms with van der Waals surface area (Å²) in [7, 11) is 0. The number of halogens is 1. The van der Waals surface area contributed by atoms with Crippen molar-refractivity contribution in [1.82, 2.24) is 10.3 Å². The highest BCUT2D eigenvalue weighted by atomic mass is 79.9. The van der Waals surface area contributed by atoms with Crippen LogP contribution in [0.2, 0.25) is 0 Å². The minimum Gasteiger partial charge on any atom is -0.444 e. The monoisotopic (exact) mass is 383 g/mol. The molecule has 1 fully saturated rings. The van der Waals surface area contributed by atoms with Crippen molar-refractivity contribution >= 4 is 22.0 Å². The number of amides is 1. The molecule has 0 spiro atoms. The van der Waals surface area contributed by atoms with Crippen LogP contribution in [0, 0.1) is 5.92 Å². The lowest BCUT2D eigenvalue weighted by Crippen LogP contribution is -2.44. The number of rotatable bonds is 4. The van der Waals surface area contributed by atoms with Gasteiger partial charge in [-0.1, -0.05) is 28.1 Å². The van der Waals surface area contributed by atoms with E-state index in [0.717, 1.165) is 23.9 Å². The predicted octanol–water partition coefficient (Wildman–Crippen LogP) is 3.08. The largest absolute Gasteiger partial charge is 0.444 e. The van der Waals surface area contributed by atoms with Gasteiger partial charge in [0.2, 0.25) is 0 Å². The zero-order valence-electron chi connectivity index (χ0n) is 14.0. The molecule has 2 rings (SSSR count). The molecule has 23 heavy (non-hydrogen) atoms. The maximum absolute atomic E-state index is 12.2. The Morgan fingerprint density at radius 3 is 2.65 bits per heavy atom. The first-order chi connectivity index (χ1) is 10.8. The van der Waals surface area contributed by atoms with E-state index in [9.17, 15) is 4.79 Å².